The Balaban J connectivity index is 1.54. The molecule has 1 aliphatic carbocycles. The lowest BCUT2D eigenvalue weighted by Gasteiger charge is -2.28. The second-order valence-corrected chi connectivity index (χ2v) is 8.27. The van der Waals surface area contributed by atoms with Gasteiger partial charge in [0.2, 0.25) is 0 Å². The molecule has 4 rings (SSSR count). The number of carbonyl (C=O) groups excluding carboxylic acids is 1. The van der Waals surface area contributed by atoms with Gasteiger partial charge in [0.1, 0.15) is 17.3 Å². The highest BCUT2D eigenvalue weighted by Crippen LogP contribution is 2.31. The van der Waals surface area contributed by atoms with E-state index in [2.05, 4.69) is 10.3 Å². The zero-order valence-electron chi connectivity index (χ0n) is 17.5. The van der Waals surface area contributed by atoms with Crippen molar-refractivity contribution in [3.63, 3.8) is 0 Å². The van der Waals surface area contributed by atoms with Crippen LogP contribution in [0.15, 0.2) is 48.7 Å². The molecule has 2 aromatic carbocycles. The Morgan fingerprint density at radius 1 is 1.13 bits per heavy atom. The smallest absolute Gasteiger partial charge is 0.251 e. The van der Waals surface area contributed by atoms with Crippen LogP contribution in [-0.2, 0) is 0 Å². The van der Waals surface area contributed by atoms with Crippen molar-refractivity contribution in [2.24, 2.45) is 5.92 Å². The maximum atomic E-state index is 14.3. The molecular formula is C25H27FN2O2. The van der Waals surface area contributed by atoms with E-state index < -0.39 is 5.82 Å². The number of pyridine rings is 1. The number of amides is 1. The second kappa shape index (κ2) is 8.82. The number of ether oxygens (including phenoxy) is 1. The molecule has 0 bridgehead atoms. The summed E-state index contributed by atoms with van der Waals surface area (Å²) in [6.07, 6.45) is 7.62. The molecule has 4 nitrogen and oxygen atoms in total. The van der Waals surface area contributed by atoms with Gasteiger partial charge in [-0.1, -0.05) is 25.3 Å². The monoisotopic (exact) mass is 406 g/mol. The van der Waals surface area contributed by atoms with Crippen LogP contribution in [-0.4, -0.2) is 16.9 Å². The van der Waals surface area contributed by atoms with Crippen molar-refractivity contribution >= 4 is 16.8 Å². The molecule has 0 aliphatic heterocycles. The largest absolute Gasteiger partial charge is 0.456 e. The summed E-state index contributed by atoms with van der Waals surface area (Å²) in [5, 5.41) is 3.89. The molecule has 0 radical (unpaired) electrons. The number of aromatic nitrogens is 1. The Bertz CT molecular complexity index is 1060. The van der Waals surface area contributed by atoms with Gasteiger partial charge >= 0.3 is 0 Å². The van der Waals surface area contributed by atoms with Gasteiger partial charge in [0.25, 0.3) is 5.91 Å². The number of halogens is 1. The van der Waals surface area contributed by atoms with Gasteiger partial charge in [-0.15, -0.1) is 0 Å². The van der Waals surface area contributed by atoms with E-state index in [1.807, 2.05) is 32.0 Å². The van der Waals surface area contributed by atoms with Crippen LogP contribution < -0.4 is 10.1 Å². The number of hydrogen-bond acceptors (Lipinski definition) is 3. The molecule has 1 aromatic heterocycles. The molecule has 156 valence electrons. The molecule has 0 saturated heterocycles. The average Bonchev–Trinajstić information content (AvgIpc) is 2.74. The maximum absolute atomic E-state index is 14.3. The number of carbonyl (C=O) groups is 1. The fourth-order valence-corrected chi connectivity index (χ4v) is 4.24. The van der Waals surface area contributed by atoms with Crippen molar-refractivity contribution in [1.29, 1.82) is 0 Å². The van der Waals surface area contributed by atoms with Gasteiger partial charge < -0.3 is 10.1 Å². The molecule has 0 unspecified atom stereocenters. The van der Waals surface area contributed by atoms with E-state index in [0.29, 0.717) is 17.4 Å². The number of hydrogen-bond donors (Lipinski definition) is 1. The van der Waals surface area contributed by atoms with E-state index in [4.69, 9.17) is 4.74 Å². The third-order valence-electron chi connectivity index (χ3n) is 5.94. The first-order valence-electron chi connectivity index (χ1n) is 10.6. The van der Waals surface area contributed by atoms with Crippen molar-refractivity contribution in [1.82, 2.24) is 10.3 Å². The summed E-state index contributed by atoms with van der Waals surface area (Å²) in [5.41, 5.74) is 2.17. The van der Waals surface area contributed by atoms with Crippen molar-refractivity contribution < 1.29 is 13.9 Å². The molecule has 1 N–H and O–H groups in total. The highest BCUT2D eigenvalue weighted by Gasteiger charge is 2.22. The topological polar surface area (TPSA) is 51.2 Å². The van der Waals surface area contributed by atoms with E-state index >= 15 is 0 Å². The first kappa shape index (κ1) is 20.3. The van der Waals surface area contributed by atoms with Crippen LogP contribution >= 0.6 is 0 Å². The van der Waals surface area contributed by atoms with Crippen LogP contribution in [0.2, 0.25) is 0 Å². The van der Waals surface area contributed by atoms with Crippen molar-refractivity contribution in [3.05, 3.63) is 65.6 Å². The predicted octanol–water partition coefficient (Wildman–Crippen LogP) is 6.17. The van der Waals surface area contributed by atoms with Crippen molar-refractivity contribution in [3.8, 4) is 11.5 Å². The average molecular weight is 407 g/mol. The van der Waals surface area contributed by atoms with Gasteiger partial charge in [0.05, 0.1) is 5.52 Å². The zero-order chi connectivity index (χ0) is 21.1. The van der Waals surface area contributed by atoms with Gasteiger partial charge in [0.15, 0.2) is 0 Å². The second-order valence-electron chi connectivity index (χ2n) is 8.27. The lowest BCUT2D eigenvalue weighted by Crippen LogP contribution is -2.38. The molecule has 1 heterocycles. The zero-order valence-corrected chi connectivity index (χ0v) is 17.5. The molecule has 1 atom stereocenters. The summed E-state index contributed by atoms with van der Waals surface area (Å²) in [6, 6.07) is 11.8. The van der Waals surface area contributed by atoms with Crippen LogP contribution in [0.4, 0.5) is 4.39 Å². The highest BCUT2D eigenvalue weighted by molar-refractivity contribution is 5.95. The molecular weight excluding hydrogens is 379 g/mol. The van der Waals surface area contributed by atoms with Crippen molar-refractivity contribution in [2.75, 3.05) is 0 Å². The fourth-order valence-electron chi connectivity index (χ4n) is 4.24. The number of benzene rings is 2. The molecule has 1 amide bonds. The maximum Gasteiger partial charge on any atom is 0.251 e. The molecule has 1 fully saturated rings. The normalized spacial score (nSPS) is 15.7. The first-order chi connectivity index (χ1) is 14.5. The summed E-state index contributed by atoms with van der Waals surface area (Å²) in [7, 11) is 0. The quantitative estimate of drug-likeness (QED) is 0.551. The Labute approximate surface area is 176 Å². The minimum Gasteiger partial charge on any atom is -0.456 e. The highest BCUT2D eigenvalue weighted by atomic mass is 19.1. The van der Waals surface area contributed by atoms with Gasteiger partial charge in [-0.3, -0.25) is 9.78 Å². The van der Waals surface area contributed by atoms with Crippen LogP contribution in [0.5, 0.6) is 11.5 Å². The standard InChI is InChI=1S/C25H27FN2O2/c1-16-8-9-22-23(12-16)27-11-10-24(22)30-21-14-19(13-20(26)15-21)25(29)28-17(2)18-6-4-3-5-7-18/h8-15,17-18H,3-7H2,1-2H3,(H,28,29)/t17-/m1/s1. The number of nitrogens with zero attached hydrogens (tertiary/aromatic N) is 1. The number of aryl methyl sites for hydroxylation is 1. The van der Waals surface area contributed by atoms with Gasteiger partial charge in [0, 0.05) is 29.3 Å². The minimum absolute atomic E-state index is 0.0674. The lowest BCUT2D eigenvalue weighted by atomic mass is 9.84. The Hall–Kier alpha value is -2.95. The molecule has 3 aromatic rings. The number of rotatable bonds is 5. The van der Waals surface area contributed by atoms with E-state index in [0.717, 1.165) is 29.3 Å². The van der Waals surface area contributed by atoms with Crippen LogP contribution in [0.1, 0.15) is 54.9 Å². The number of fused-ring (bicyclic) bond motifs is 1. The fraction of sp³-hybridized carbons (Fsp3) is 0.360. The summed E-state index contributed by atoms with van der Waals surface area (Å²) >= 11 is 0. The van der Waals surface area contributed by atoms with Crippen LogP contribution in [0.25, 0.3) is 10.9 Å². The molecule has 0 spiro atoms. The Morgan fingerprint density at radius 2 is 1.93 bits per heavy atom. The molecule has 1 saturated carbocycles. The number of nitrogens with one attached hydrogen (secondary N) is 1. The SMILES string of the molecule is Cc1ccc2c(Oc3cc(F)cc(C(=O)N[C@H](C)C4CCCCC4)c3)ccnc2c1. The summed E-state index contributed by atoms with van der Waals surface area (Å²) in [5.74, 6) is 0.578. The molecule has 1 aliphatic rings. The van der Waals surface area contributed by atoms with E-state index in [-0.39, 0.29) is 17.5 Å². The molecule has 30 heavy (non-hydrogen) atoms. The molecule has 5 heteroatoms. The van der Waals surface area contributed by atoms with E-state index in [1.165, 1.54) is 31.4 Å². The van der Waals surface area contributed by atoms with Gasteiger partial charge in [-0.25, -0.2) is 4.39 Å². The third kappa shape index (κ3) is 4.61. The summed E-state index contributed by atoms with van der Waals surface area (Å²) in [6.45, 7) is 4.04. The van der Waals surface area contributed by atoms with Crippen LogP contribution in [0.3, 0.4) is 0 Å². The Morgan fingerprint density at radius 3 is 2.73 bits per heavy atom. The van der Waals surface area contributed by atoms with Gasteiger partial charge in [-0.2, -0.15) is 0 Å². The third-order valence-corrected chi connectivity index (χ3v) is 5.94. The van der Waals surface area contributed by atoms with E-state index in [9.17, 15) is 9.18 Å². The Kier molecular flexibility index (Phi) is 5.98. The summed E-state index contributed by atoms with van der Waals surface area (Å²) in [4.78, 5) is 17.1. The van der Waals surface area contributed by atoms with E-state index in [1.54, 1.807) is 18.3 Å². The lowest BCUT2D eigenvalue weighted by molar-refractivity contribution is 0.0918. The summed E-state index contributed by atoms with van der Waals surface area (Å²) < 4.78 is 20.2. The predicted molar refractivity (Wildman–Crippen MR) is 116 cm³/mol. The van der Waals surface area contributed by atoms with Crippen molar-refractivity contribution in [2.45, 2.75) is 52.0 Å². The minimum atomic E-state index is -0.503. The van der Waals surface area contributed by atoms with Gasteiger partial charge in [-0.05, 0) is 68.5 Å². The first-order valence-corrected chi connectivity index (χ1v) is 10.6. The van der Waals surface area contributed by atoms with Crippen LogP contribution in [0, 0.1) is 18.7 Å².